The minimum atomic E-state index is -0.169. The molecule has 1 amide bonds. The second kappa shape index (κ2) is 7.50. The lowest BCUT2D eigenvalue weighted by molar-refractivity contribution is 0.0939. The molecular formula is C22H24N6O. The Morgan fingerprint density at radius 3 is 2.66 bits per heavy atom. The van der Waals surface area contributed by atoms with E-state index in [1.807, 2.05) is 74.8 Å². The highest BCUT2D eigenvalue weighted by molar-refractivity contribution is 6.06. The summed E-state index contributed by atoms with van der Waals surface area (Å²) in [5, 5.41) is 12.8. The number of amides is 1. The van der Waals surface area contributed by atoms with Gasteiger partial charge in [0.2, 0.25) is 0 Å². The van der Waals surface area contributed by atoms with E-state index >= 15 is 0 Å². The summed E-state index contributed by atoms with van der Waals surface area (Å²) in [7, 11) is 0. The fourth-order valence-electron chi connectivity index (χ4n) is 3.67. The highest BCUT2D eigenvalue weighted by atomic mass is 16.1. The molecule has 0 aliphatic heterocycles. The number of hydrogen-bond acceptors (Lipinski definition) is 4. The molecule has 4 rings (SSSR count). The normalized spacial score (nSPS) is 12.3. The van der Waals surface area contributed by atoms with Crippen molar-refractivity contribution in [2.75, 3.05) is 0 Å². The van der Waals surface area contributed by atoms with E-state index in [4.69, 9.17) is 0 Å². The molecule has 3 heterocycles. The van der Waals surface area contributed by atoms with Crippen molar-refractivity contribution >= 4 is 16.9 Å². The number of carbonyl (C=O) groups excluding carboxylic acids is 1. The lowest BCUT2D eigenvalue weighted by atomic mass is 10.1. The highest BCUT2D eigenvalue weighted by Crippen LogP contribution is 2.25. The first kappa shape index (κ1) is 18.9. The van der Waals surface area contributed by atoms with Gasteiger partial charge in [-0.15, -0.1) is 0 Å². The van der Waals surface area contributed by atoms with Crippen molar-refractivity contribution < 1.29 is 4.79 Å². The summed E-state index contributed by atoms with van der Waals surface area (Å²) in [5.41, 5.74) is 4.69. The Bertz CT molecular complexity index is 1170. The largest absolute Gasteiger partial charge is 0.344 e. The molecule has 0 spiro atoms. The molecule has 7 nitrogen and oxygen atoms in total. The van der Waals surface area contributed by atoms with Crippen molar-refractivity contribution in [2.24, 2.45) is 0 Å². The van der Waals surface area contributed by atoms with Crippen LogP contribution in [-0.4, -0.2) is 30.5 Å². The molecular weight excluding hydrogens is 364 g/mol. The Hall–Kier alpha value is -3.48. The second-order valence-corrected chi connectivity index (χ2v) is 7.11. The topological polar surface area (TPSA) is 77.6 Å². The van der Waals surface area contributed by atoms with Gasteiger partial charge in [0.1, 0.15) is 0 Å². The molecule has 29 heavy (non-hydrogen) atoms. The Morgan fingerprint density at radius 1 is 1.17 bits per heavy atom. The monoisotopic (exact) mass is 388 g/mol. The predicted octanol–water partition coefficient (Wildman–Crippen LogP) is 3.74. The average molecular weight is 388 g/mol. The fraction of sp³-hybridized carbons (Fsp3) is 0.273. The number of para-hydroxylation sites is 1. The van der Waals surface area contributed by atoms with E-state index in [-0.39, 0.29) is 11.9 Å². The lowest BCUT2D eigenvalue weighted by Gasteiger charge is -2.16. The van der Waals surface area contributed by atoms with Crippen LogP contribution >= 0.6 is 0 Å². The molecule has 0 saturated carbocycles. The van der Waals surface area contributed by atoms with Crippen LogP contribution in [-0.2, 0) is 6.54 Å². The van der Waals surface area contributed by atoms with Crippen molar-refractivity contribution in [3.8, 4) is 5.69 Å². The van der Waals surface area contributed by atoms with Crippen molar-refractivity contribution in [3.05, 3.63) is 71.3 Å². The molecule has 0 bridgehead atoms. The molecule has 7 heteroatoms. The molecule has 0 radical (unpaired) electrons. The van der Waals surface area contributed by atoms with Crippen molar-refractivity contribution in [1.82, 2.24) is 29.9 Å². The predicted molar refractivity (Wildman–Crippen MR) is 112 cm³/mol. The molecule has 148 valence electrons. The first-order valence-electron chi connectivity index (χ1n) is 9.74. The highest BCUT2D eigenvalue weighted by Gasteiger charge is 2.21. The van der Waals surface area contributed by atoms with Gasteiger partial charge in [-0.2, -0.15) is 10.2 Å². The number of nitrogens with zero attached hydrogens (tertiary/aromatic N) is 5. The summed E-state index contributed by atoms with van der Waals surface area (Å²) in [6, 6.07) is 13.4. The number of pyridine rings is 1. The van der Waals surface area contributed by atoms with E-state index in [1.165, 1.54) is 0 Å². The zero-order chi connectivity index (χ0) is 20.5. The van der Waals surface area contributed by atoms with Crippen molar-refractivity contribution in [2.45, 2.75) is 40.3 Å². The third-order valence-corrected chi connectivity index (χ3v) is 5.03. The average Bonchev–Trinajstić information content (AvgIpc) is 3.32. The van der Waals surface area contributed by atoms with Gasteiger partial charge < -0.3 is 5.32 Å². The van der Waals surface area contributed by atoms with Crippen LogP contribution in [0.2, 0.25) is 0 Å². The van der Waals surface area contributed by atoms with E-state index in [2.05, 4.69) is 20.5 Å². The van der Waals surface area contributed by atoms with Crippen LogP contribution in [0.4, 0.5) is 0 Å². The molecule has 0 saturated heterocycles. The number of hydrogen-bond donors (Lipinski definition) is 1. The molecule has 1 N–H and O–H groups in total. The van der Waals surface area contributed by atoms with Gasteiger partial charge in [-0.3, -0.25) is 9.48 Å². The molecule has 0 aliphatic rings. The van der Waals surface area contributed by atoms with Gasteiger partial charge in [-0.05, 0) is 52.0 Å². The maximum Gasteiger partial charge on any atom is 0.252 e. The van der Waals surface area contributed by atoms with E-state index in [0.717, 1.165) is 34.7 Å². The summed E-state index contributed by atoms with van der Waals surface area (Å²) in [5.74, 6) is -0.146. The number of nitrogens with one attached hydrogen (secondary N) is 1. The summed E-state index contributed by atoms with van der Waals surface area (Å²) in [6.45, 7) is 8.55. The Morgan fingerprint density at radius 2 is 1.93 bits per heavy atom. The van der Waals surface area contributed by atoms with E-state index in [0.29, 0.717) is 11.2 Å². The van der Waals surface area contributed by atoms with Crippen LogP contribution in [0.15, 0.2) is 48.7 Å². The Labute approximate surface area is 169 Å². The summed E-state index contributed by atoms with van der Waals surface area (Å²) in [6.07, 6.45) is 1.75. The van der Waals surface area contributed by atoms with Gasteiger partial charge in [-0.1, -0.05) is 18.2 Å². The van der Waals surface area contributed by atoms with Gasteiger partial charge >= 0.3 is 0 Å². The van der Waals surface area contributed by atoms with Crippen molar-refractivity contribution in [3.63, 3.8) is 0 Å². The number of carbonyl (C=O) groups is 1. The summed E-state index contributed by atoms with van der Waals surface area (Å²) < 4.78 is 3.68. The second-order valence-electron chi connectivity index (χ2n) is 7.11. The van der Waals surface area contributed by atoms with Gasteiger partial charge in [0, 0.05) is 18.4 Å². The van der Waals surface area contributed by atoms with Crippen LogP contribution < -0.4 is 5.32 Å². The summed E-state index contributed by atoms with van der Waals surface area (Å²) in [4.78, 5) is 17.9. The maximum absolute atomic E-state index is 13.2. The third kappa shape index (κ3) is 3.40. The number of aryl methyl sites for hydroxylation is 3. The third-order valence-electron chi connectivity index (χ3n) is 5.03. The van der Waals surface area contributed by atoms with Crippen LogP contribution in [0.5, 0.6) is 0 Å². The zero-order valence-corrected chi connectivity index (χ0v) is 17.0. The molecule has 4 aromatic rings. The molecule has 1 unspecified atom stereocenters. The van der Waals surface area contributed by atoms with Gasteiger partial charge in [0.15, 0.2) is 5.65 Å². The first-order chi connectivity index (χ1) is 14.0. The van der Waals surface area contributed by atoms with E-state index < -0.39 is 0 Å². The van der Waals surface area contributed by atoms with Crippen LogP contribution in [0.3, 0.4) is 0 Å². The molecule has 1 aromatic carbocycles. The number of fused-ring (bicyclic) bond motifs is 1. The standard InChI is InChI=1S/C22H24N6O/c1-5-27-19(11-12-23-27)15(3)25-22(29)18-13-14(2)24-21-20(18)16(4)26-28(21)17-9-7-6-8-10-17/h6-13,15H,5H2,1-4H3,(H,25,29). The van der Waals surface area contributed by atoms with E-state index in [9.17, 15) is 4.79 Å². The van der Waals surface area contributed by atoms with Crippen molar-refractivity contribution in [1.29, 1.82) is 0 Å². The zero-order valence-electron chi connectivity index (χ0n) is 17.0. The SMILES string of the molecule is CCn1nccc1C(C)NC(=O)c1cc(C)nc2c1c(C)nn2-c1ccccc1. The Balaban J connectivity index is 1.76. The number of rotatable bonds is 5. The minimum Gasteiger partial charge on any atom is -0.344 e. The van der Waals surface area contributed by atoms with Gasteiger partial charge in [-0.25, -0.2) is 9.67 Å². The maximum atomic E-state index is 13.2. The van der Waals surface area contributed by atoms with Crippen LogP contribution in [0.25, 0.3) is 16.7 Å². The van der Waals surface area contributed by atoms with Gasteiger partial charge in [0.05, 0.1) is 34.1 Å². The quantitative estimate of drug-likeness (QED) is 0.565. The Kier molecular flexibility index (Phi) is 4.88. The molecule has 1 atom stereocenters. The smallest absolute Gasteiger partial charge is 0.252 e. The molecule has 3 aromatic heterocycles. The molecule has 0 aliphatic carbocycles. The minimum absolute atomic E-state index is 0.146. The lowest BCUT2D eigenvalue weighted by Crippen LogP contribution is -2.28. The van der Waals surface area contributed by atoms with Crippen LogP contribution in [0.1, 0.15) is 47.3 Å². The number of benzene rings is 1. The van der Waals surface area contributed by atoms with Gasteiger partial charge in [0.25, 0.3) is 5.91 Å². The first-order valence-corrected chi connectivity index (χ1v) is 9.74. The molecule has 0 fully saturated rings. The fourth-order valence-corrected chi connectivity index (χ4v) is 3.67. The number of aromatic nitrogens is 5. The summed E-state index contributed by atoms with van der Waals surface area (Å²) >= 11 is 0. The van der Waals surface area contributed by atoms with Crippen LogP contribution in [0, 0.1) is 13.8 Å². The van der Waals surface area contributed by atoms with E-state index in [1.54, 1.807) is 10.9 Å².